The van der Waals surface area contributed by atoms with E-state index in [1.807, 2.05) is 29.6 Å². The fourth-order valence-corrected chi connectivity index (χ4v) is 2.68. The molecular formula is C16H16ClNO2S. The van der Waals surface area contributed by atoms with Crippen molar-refractivity contribution in [3.8, 4) is 0 Å². The lowest BCUT2D eigenvalue weighted by Gasteiger charge is -2.05. The van der Waals surface area contributed by atoms with E-state index < -0.39 is 0 Å². The number of amides is 1. The molecule has 5 heteroatoms. The molecular weight excluding hydrogens is 306 g/mol. The maximum Gasteiger partial charge on any atom is 0.220 e. The normalized spacial score (nSPS) is 10.3. The van der Waals surface area contributed by atoms with Gasteiger partial charge in [-0.3, -0.25) is 9.59 Å². The predicted molar refractivity (Wildman–Crippen MR) is 85.8 cm³/mol. The molecule has 2 rings (SSSR count). The van der Waals surface area contributed by atoms with Gasteiger partial charge in [0.1, 0.15) is 0 Å². The first-order chi connectivity index (χ1) is 10.1. The summed E-state index contributed by atoms with van der Waals surface area (Å²) in [5.41, 5.74) is 1.00. The molecule has 1 aromatic carbocycles. The fourth-order valence-electron chi connectivity index (χ4n) is 1.86. The van der Waals surface area contributed by atoms with Gasteiger partial charge in [0.2, 0.25) is 5.91 Å². The summed E-state index contributed by atoms with van der Waals surface area (Å²) in [7, 11) is 0. The Morgan fingerprint density at radius 3 is 2.52 bits per heavy atom. The van der Waals surface area contributed by atoms with Crippen molar-refractivity contribution >= 4 is 34.6 Å². The first-order valence-corrected chi connectivity index (χ1v) is 7.99. The second kappa shape index (κ2) is 7.96. The van der Waals surface area contributed by atoms with Gasteiger partial charge in [0.15, 0.2) is 5.78 Å². The first kappa shape index (κ1) is 15.7. The third-order valence-corrected chi connectivity index (χ3v) is 4.17. The van der Waals surface area contributed by atoms with Crippen LogP contribution in [0, 0.1) is 0 Å². The lowest BCUT2D eigenvalue weighted by atomic mass is 10.1. The number of hydrogen-bond acceptors (Lipinski definition) is 3. The van der Waals surface area contributed by atoms with Gasteiger partial charge in [-0.05, 0) is 35.6 Å². The highest BCUT2D eigenvalue weighted by Crippen LogP contribution is 2.13. The number of ketones is 1. The van der Waals surface area contributed by atoms with Crippen LogP contribution in [0.3, 0.4) is 0 Å². The summed E-state index contributed by atoms with van der Waals surface area (Å²) in [6.45, 7) is 0.481. The van der Waals surface area contributed by atoms with Gasteiger partial charge in [0, 0.05) is 24.4 Å². The average Bonchev–Trinajstić information content (AvgIpc) is 3.01. The second-order valence-corrected chi connectivity index (χ2v) is 6.04. The fraction of sp³-hybridized carbons (Fsp3) is 0.250. The van der Waals surface area contributed by atoms with Crippen LogP contribution in [0.15, 0.2) is 41.8 Å². The molecule has 0 unspecified atom stereocenters. The quantitative estimate of drug-likeness (QED) is 0.781. The van der Waals surface area contributed by atoms with Crippen molar-refractivity contribution in [1.82, 2.24) is 5.32 Å². The Balaban J connectivity index is 1.66. The lowest BCUT2D eigenvalue weighted by molar-refractivity contribution is -0.121. The Morgan fingerprint density at radius 2 is 1.86 bits per heavy atom. The van der Waals surface area contributed by atoms with E-state index in [0.29, 0.717) is 30.8 Å². The van der Waals surface area contributed by atoms with Crippen molar-refractivity contribution in [3.05, 3.63) is 57.2 Å². The third-order valence-electron chi connectivity index (χ3n) is 3.01. The van der Waals surface area contributed by atoms with Crippen LogP contribution in [0.2, 0.25) is 5.02 Å². The number of carbonyl (C=O) groups is 2. The van der Waals surface area contributed by atoms with E-state index >= 15 is 0 Å². The van der Waals surface area contributed by atoms with Gasteiger partial charge in [-0.2, -0.15) is 0 Å². The Bertz CT molecular complexity index is 593. The van der Waals surface area contributed by atoms with Crippen LogP contribution in [-0.2, 0) is 11.3 Å². The molecule has 1 heterocycles. The van der Waals surface area contributed by atoms with Gasteiger partial charge in [0.05, 0.1) is 4.88 Å². The summed E-state index contributed by atoms with van der Waals surface area (Å²) in [5, 5.41) is 5.40. The van der Waals surface area contributed by atoms with Gasteiger partial charge in [0.25, 0.3) is 0 Å². The number of Topliss-reactive ketones (excluding diaryl/α,β-unsaturated/α-hetero) is 1. The van der Waals surface area contributed by atoms with E-state index in [1.54, 1.807) is 12.1 Å². The van der Waals surface area contributed by atoms with Crippen LogP contribution in [0.4, 0.5) is 0 Å². The monoisotopic (exact) mass is 321 g/mol. The molecule has 21 heavy (non-hydrogen) atoms. The lowest BCUT2D eigenvalue weighted by Crippen LogP contribution is -2.22. The molecule has 0 atom stereocenters. The molecule has 0 aliphatic heterocycles. The molecule has 2 aromatic rings. The van der Waals surface area contributed by atoms with Crippen LogP contribution >= 0.6 is 22.9 Å². The van der Waals surface area contributed by atoms with E-state index in [0.717, 1.165) is 10.4 Å². The van der Waals surface area contributed by atoms with Crippen molar-refractivity contribution in [3.63, 3.8) is 0 Å². The summed E-state index contributed by atoms with van der Waals surface area (Å²) >= 11 is 7.23. The van der Waals surface area contributed by atoms with E-state index in [1.165, 1.54) is 11.3 Å². The summed E-state index contributed by atoms with van der Waals surface area (Å²) < 4.78 is 0. The standard InChI is InChI=1S/C16H16ClNO2S/c17-13-8-6-12(7-9-13)11-18-16(20)5-1-3-14(19)15-4-2-10-21-15/h2,4,6-10H,1,3,5,11H2,(H,18,20). The van der Waals surface area contributed by atoms with Crippen LogP contribution in [-0.4, -0.2) is 11.7 Å². The summed E-state index contributed by atoms with van der Waals surface area (Å²) in [6, 6.07) is 11.0. The Labute approximate surface area is 132 Å². The zero-order valence-corrected chi connectivity index (χ0v) is 13.0. The van der Waals surface area contributed by atoms with Crippen molar-refractivity contribution < 1.29 is 9.59 Å². The van der Waals surface area contributed by atoms with E-state index in [-0.39, 0.29) is 11.7 Å². The number of carbonyl (C=O) groups excluding carboxylic acids is 2. The Morgan fingerprint density at radius 1 is 1.10 bits per heavy atom. The second-order valence-electron chi connectivity index (χ2n) is 4.66. The molecule has 110 valence electrons. The van der Waals surface area contributed by atoms with Crippen LogP contribution in [0.5, 0.6) is 0 Å². The average molecular weight is 322 g/mol. The summed E-state index contributed by atoms with van der Waals surface area (Å²) in [5.74, 6) is 0.0689. The number of hydrogen-bond donors (Lipinski definition) is 1. The maximum atomic E-state index is 11.8. The van der Waals surface area contributed by atoms with E-state index in [4.69, 9.17) is 11.6 Å². The van der Waals surface area contributed by atoms with Gasteiger partial charge in [-0.1, -0.05) is 29.8 Å². The van der Waals surface area contributed by atoms with E-state index in [9.17, 15) is 9.59 Å². The maximum absolute atomic E-state index is 11.8. The zero-order valence-electron chi connectivity index (χ0n) is 11.5. The van der Waals surface area contributed by atoms with Crippen molar-refractivity contribution in [2.75, 3.05) is 0 Å². The summed E-state index contributed by atoms with van der Waals surface area (Å²) in [4.78, 5) is 24.2. The number of halogens is 1. The third kappa shape index (κ3) is 5.33. The van der Waals surface area contributed by atoms with Gasteiger partial charge < -0.3 is 5.32 Å². The number of thiophene rings is 1. The van der Waals surface area contributed by atoms with Gasteiger partial charge >= 0.3 is 0 Å². The number of benzene rings is 1. The van der Waals surface area contributed by atoms with Crippen molar-refractivity contribution in [2.24, 2.45) is 0 Å². The summed E-state index contributed by atoms with van der Waals surface area (Å²) in [6.07, 6.45) is 1.35. The smallest absolute Gasteiger partial charge is 0.220 e. The molecule has 0 saturated carbocycles. The van der Waals surface area contributed by atoms with Crippen LogP contribution in [0.25, 0.3) is 0 Å². The van der Waals surface area contributed by atoms with Gasteiger partial charge in [-0.15, -0.1) is 11.3 Å². The van der Waals surface area contributed by atoms with Crippen molar-refractivity contribution in [2.45, 2.75) is 25.8 Å². The minimum absolute atomic E-state index is 0.0380. The molecule has 0 aliphatic rings. The highest BCUT2D eigenvalue weighted by molar-refractivity contribution is 7.12. The molecule has 0 fully saturated rings. The molecule has 0 radical (unpaired) electrons. The zero-order chi connectivity index (χ0) is 15.1. The topological polar surface area (TPSA) is 46.2 Å². The SMILES string of the molecule is O=C(CCCC(=O)c1cccs1)NCc1ccc(Cl)cc1. The van der Waals surface area contributed by atoms with Gasteiger partial charge in [-0.25, -0.2) is 0 Å². The minimum Gasteiger partial charge on any atom is -0.352 e. The molecule has 0 spiro atoms. The van der Waals surface area contributed by atoms with Crippen molar-refractivity contribution in [1.29, 1.82) is 0 Å². The molecule has 1 amide bonds. The Hall–Kier alpha value is -1.65. The largest absolute Gasteiger partial charge is 0.352 e. The highest BCUT2D eigenvalue weighted by atomic mass is 35.5. The van der Waals surface area contributed by atoms with E-state index in [2.05, 4.69) is 5.32 Å². The number of nitrogens with one attached hydrogen (secondary N) is 1. The van der Waals surface area contributed by atoms with Crippen LogP contribution < -0.4 is 5.32 Å². The molecule has 0 saturated heterocycles. The highest BCUT2D eigenvalue weighted by Gasteiger charge is 2.08. The number of rotatable bonds is 7. The predicted octanol–water partition coefficient (Wildman–Crippen LogP) is 4.07. The first-order valence-electron chi connectivity index (χ1n) is 6.73. The molecule has 0 bridgehead atoms. The molecule has 1 N–H and O–H groups in total. The molecule has 0 aliphatic carbocycles. The Kier molecular flexibility index (Phi) is 5.96. The molecule has 1 aromatic heterocycles. The van der Waals surface area contributed by atoms with Crippen LogP contribution in [0.1, 0.15) is 34.5 Å². The molecule has 3 nitrogen and oxygen atoms in total. The minimum atomic E-state index is -0.0380.